The molecule has 2 rings (SSSR count). The van der Waals surface area contributed by atoms with E-state index in [-0.39, 0.29) is 0 Å². The fourth-order valence-corrected chi connectivity index (χ4v) is 2.99. The summed E-state index contributed by atoms with van der Waals surface area (Å²) in [6, 6.07) is 1.45. The number of piperazine rings is 1. The van der Waals surface area contributed by atoms with Crippen LogP contribution in [-0.2, 0) is 4.79 Å². The van der Waals surface area contributed by atoms with Crippen molar-refractivity contribution >= 4 is 5.78 Å². The highest BCUT2D eigenvalue weighted by Crippen LogP contribution is 2.29. The van der Waals surface area contributed by atoms with Gasteiger partial charge in [0.15, 0.2) is 0 Å². The van der Waals surface area contributed by atoms with Crippen molar-refractivity contribution in [3.05, 3.63) is 0 Å². The molecule has 2 fully saturated rings. The standard InChI is InChI=1S/C12H22N2O.C2H6/c1-3-13-8-11-4-5-12(9-13)14(11)7-6-10(2)15;1-2/h11-12H,3-9H2,1-2H3;1-2H3. The molecule has 0 aromatic rings. The van der Waals surface area contributed by atoms with E-state index in [0.29, 0.717) is 5.78 Å². The van der Waals surface area contributed by atoms with Gasteiger partial charge >= 0.3 is 0 Å². The van der Waals surface area contributed by atoms with E-state index < -0.39 is 0 Å². The molecular formula is C14H28N2O. The lowest BCUT2D eigenvalue weighted by atomic mass is 10.1. The Bertz CT molecular complexity index is 228. The van der Waals surface area contributed by atoms with Gasteiger partial charge < -0.3 is 4.90 Å². The normalized spacial score (nSPS) is 28.7. The SMILES string of the molecule is CC.CCN1CC2CCC(C1)N2CCC(C)=O. The van der Waals surface area contributed by atoms with Crippen LogP contribution < -0.4 is 0 Å². The molecule has 2 saturated heterocycles. The van der Waals surface area contributed by atoms with Crippen molar-refractivity contribution < 1.29 is 4.79 Å². The number of likely N-dealkylation sites (N-methyl/N-ethyl adjacent to an activating group) is 1. The maximum Gasteiger partial charge on any atom is 0.131 e. The van der Waals surface area contributed by atoms with Gasteiger partial charge in [-0.25, -0.2) is 0 Å². The Morgan fingerprint density at radius 3 is 2.12 bits per heavy atom. The van der Waals surface area contributed by atoms with Crippen molar-refractivity contribution in [1.82, 2.24) is 9.80 Å². The zero-order valence-corrected chi connectivity index (χ0v) is 11.9. The summed E-state index contributed by atoms with van der Waals surface area (Å²) in [5, 5.41) is 0. The highest BCUT2D eigenvalue weighted by Gasteiger charge is 2.38. The lowest BCUT2D eigenvalue weighted by molar-refractivity contribution is -0.117. The van der Waals surface area contributed by atoms with Crippen LogP contribution in [0.2, 0.25) is 0 Å². The fraction of sp³-hybridized carbons (Fsp3) is 0.929. The average molecular weight is 240 g/mol. The minimum Gasteiger partial charge on any atom is -0.301 e. The van der Waals surface area contributed by atoms with Gasteiger partial charge in [0, 0.05) is 38.1 Å². The van der Waals surface area contributed by atoms with Crippen molar-refractivity contribution in [2.75, 3.05) is 26.2 Å². The lowest BCUT2D eigenvalue weighted by Crippen LogP contribution is -2.53. The lowest BCUT2D eigenvalue weighted by Gasteiger charge is -2.40. The van der Waals surface area contributed by atoms with E-state index in [2.05, 4.69) is 16.7 Å². The molecule has 100 valence electrons. The molecular weight excluding hydrogens is 212 g/mol. The summed E-state index contributed by atoms with van der Waals surface area (Å²) in [6.07, 6.45) is 3.40. The molecule has 2 aliphatic rings. The van der Waals surface area contributed by atoms with E-state index in [4.69, 9.17) is 0 Å². The summed E-state index contributed by atoms with van der Waals surface area (Å²) in [5.41, 5.74) is 0. The maximum atomic E-state index is 11.0. The number of rotatable bonds is 4. The highest BCUT2D eigenvalue weighted by atomic mass is 16.1. The number of likely N-dealkylation sites (tertiary alicyclic amines) is 1. The van der Waals surface area contributed by atoms with Crippen LogP contribution in [0.25, 0.3) is 0 Å². The maximum absolute atomic E-state index is 11.0. The number of hydrogen-bond acceptors (Lipinski definition) is 3. The van der Waals surface area contributed by atoms with E-state index in [1.807, 2.05) is 13.8 Å². The van der Waals surface area contributed by atoms with Gasteiger partial charge in [-0.05, 0) is 26.3 Å². The molecule has 2 aliphatic heterocycles. The smallest absolute Gasteiger partial charge is 0.131 e. The van der Waals surface area contributed by atoms with E-state index in [9.17, 15) is 4.79 Å². The molecule has 3 heteroatoms. The van der Waals surface area contributed by atoms with Crippen molar-refractivity contribution in [1.29, 1.82) is 0 Å². The van der Waals surface area contributed by atoms with Crippen LogP contribution in [0.15, 0.2) is 0 Å². The molecule has 0 saturated carbocycles. The Labute approximate surface area is 106 Å². The van der Waals surface area contributed by atoms with Gasteiger partial charge in [-0.3, -0.25) is 9.69 Å². The molecule has 3 nitrogen and oxygen atoms in total. The van der Waals surface area contributed by atoms with E-state index >= 15 is 0 Å². The molecule has 0 amide bonds. The third kappa shape index (κ3) is 3.78. The van der Waals surface area contributed by atoms with Gasteiger partial charge in [-0.1, -0.05) is 20.8 Å². The molecule has 0 N–H and O–H groups in total. The molecule has 2 atom stereocenters. The summed E-state index contributed by atoms with van der Waals surface area (Å²) in [4.78, 5) is 16.1. The van der Waals surface area contributed by atoms with Crippen LogP contribution in [0.4, 0.5) is 0 Å². The molecule has 0 radical (unpaired) electrons. The van der Waals surface area contributed by atoms with Crippen LogP contribution in [0.3, 0.4) is 0 Å². The first-order valence-electron chi connectivity index (χ1n) is 7.18. The van der Waals surface area contributed by atoms with Gasteiger partial charge in [-0.2, -0.15) is 0 Å². The Hall–Kier alpha value is -0.410. The zero-order chi connectivity index (χ0) is 12.8. The Morgan fingerprint density at radius 1 is 1.18 bits per heavy atom. The van der Waals surface area contributed by atoms with Crippen LogP contribution in [0.5, 0.6) is 0 Å². The number of carbonyl (C=O) groups excluding carboxylic acids is 1. The number of hydrogen-bond donors (Lipinski definition) is 0. The van der Waals surface area contributed by atoms with Crippen LogP contribution >= 0.6 is 0 Å². The molecule has 2 unspecified atom stereocenters. The Morgan fingerprint density at radius 2 is 1.71 bits per heavy atom. The molecule has 0 spiro atoms. The largest absolute Gasteiger partial charge is 0.301 e. The number of nitrogens with zero attached hydrogens (tertiary/aromatic N) is 2. The van der Waals surface area contributed by atoms with Gasteiger partial charge in [0.1, 0.15) is 5.78 Å². The molecule has 0 aliphatic carbocycles. The van der Waals surface area contributed by atoms with E-state index in [1.165, 1.54) is 32.5 Å². The van der Waals surface area contributed by atoms with Crippen molar-refractivity contribution in [2.45, 2.75) is 59.0 Å². The second-order valence-electron chi connectivity index (χ2n) is 4.93. The summed E-state index contributed by atoms with van der Waals surface area (Å²) < 4.78 is 0. The van der Waals surface area contributed by atoms with Crippen LogP contribution in [0, 0.1) is 0 Å². The minimum atomic E-state index is 0.326. The Balaban J connectivity index is 0.000000686. The monoisotopic (exact) mass is 240 g/mol. The van der Waals surface area contributed by atoms with Gasteiger partial charge in [-0.15, -0.1) is 0 Å². The van der Waals surface area contributed by atoms with Gasteiger partial charge in [0.05, 0.1) is 0 Å². The molecule has 2 heterocycles. The first kappa shape index (κ1) is 14.7. The second-order valence-corrected chi connectivity index (χ2v) is 4.93. The molecule has 0 aromatic heterocycles. The number of Topliss-reactive ketones (excluding diaryl/α,β-unsaturated/α-hetero) is 1. The van der Waals surface area contributed by atoms with Gasteiger partial charge in [0.2, 0.25) is 0 Å². The fourth-order valence-electron chi connectivity index (χ4n) is 2.99. The first-order valence-corrected chi connectivity index (χ1v) is 7.18. The zero-order valence-electron chi connectivity index (χ0n) is 11.9. The minimum absolute atomic E-state index is 0.326. The summed E-state index contributed by atoms with van der Waals surface area (Å²) >= 11 is 0. The summed E-state index contributed by atoms with van der Waals surface area (Å²) in [5.74, 6) is 0.326. The molecule has 0 aromatic carbocycles. The predicted molar refractivity (Wildman–Crippen MR) is 72.3 cm³/mol. The summed E-state index contributed by atoms with van der Waals surface area (Å²) in [7, 11) is 0. The summed E-state index contributed by atoms with van der Waals surface area (Å²) in [6.45, 7) is 12.5. The van der Waals surface area contributed by atoms with Crippen molar-refractivity contribution in [2.24, 2.45) is 0 Å². The van der Waals surface area contributed by atoms with Crippen LogP contribution in [-0.4, -0.2) is 53.8 Å². The first-order chi connectivity index (χ1) is 8.20. The third-order valence-corrected chi connectivity index (χ3v) is 3.88. The van der Waals surface area contributed by atoms with Crippen molar-refractivity contribution in [3.63, 3.8) is 0 Å². The number of ketones is 1. The molecule has 2 bridgehead atoms. The number of fused-ring (bicyclic) bond motifs is 2. The highest BCUT2D eigenvalue weighted by molar-refractivity contribution is 5.75. The topological polar surface area (TPSA) is 23.6 Å². The predicted octanol–water partition coefficient (Wildman–Crippen LogP) is 2.16. The van der Waals surface area contributed by atoms with E-state index in [0.717, 1.165) is 25.0 Å². The average Bonchev–Trinajstić information content (AvgIpc) is 2.59. The van der Waals surface area contributed by atoms with Crippen molar-refractivity contribution in [3.8, 4) is 0 Å². The quantitative estimate of drug-likeness (QED) is 0.752. The van der Waals surface area contributed by atoms with Crippen LogP contribution in [0.1, 0.15) is 47.0 Å². The van der Waals surface area contributed by atoms with E-state index in [1.54, 1.807) is 6.92 Å². The number of carbonyl (C=O) groups is 1. The second kappa shape index (κ2) is 7.12. The third-order valence-electron chi connectivity index (χ3n) is 3.88. The molecule has 17 heavy (non-hydrogen) atoms. The Kier molecular flexibility index (Phi) is 6.14. The van der Waals surface area contributed by atoms with Gasteiger partial charge in [0.25, 0.3) is 0 Å².